The zero-order valence-corrected chi connectivity index (χ0v) is 69.0. The number of carbonyl (C=O) groups excluding carboxylic acids is 4. The van der Waals surface area contributed by atoms with E-state index in [1.807, 2.05) is 0 Å². The molecule has 0 radical (unpaired) electrons. The van der Waals surface area contributed by atoms with Crippen molar-refractivity contribution in [2.24, 2.45) is 23.7 Å². The molecule has 0 aliphatic rings. The standard InChI is InChI=1S/C83H162O17P2/c1-9-76(8)62-54-46-38-30-24-18-12-15-21-27-33-41-50-58-65-82(87)99-78(69-93-80(85)63-55-47-39-31-25-19-13-10-16-22-28-35-43-51-59-73(2)3)71-97-101(89,90)95-67-77(84)68-96-102(91,92)98-72-79(70-94-81(86)64-56-48-42-34-37-45-53-61-75(6)7)100-83(88)66-57-49-40-32-26-20-14-11-17-23-29-36-44-52-60-74(4)5/h73-79,84H,9-72H2,1-8H3,(H,89,90)(H,91,92)/t76?,77?,78-,79-/m1/s1. The van der Waals surface area contributed by atoms with E-state index in [1.165, 1.54) is 225 Å². The Morgan fingerprint density at radius 2 is 0.471 bits per heavy atom. The van der Waals surface area contributed by atoms with Crippen LogP contribution >= 0.6 is 15.6 Å². The Balaban J connectivity index is 5.25. The van der Waals surface area contributed by atoms with Crippen LogP contribution in [0, 0.1) is 23.7 Å². The predicted octanol–water partition coefficient (Wildman–Crippen LogP) is 24.8. The van der Waals surface area contributed by atoms with Crippen LogP contribution in [0.15, 0.2) is 0 Å². The van der Waals surface area contributed by atoms with Gasteiger partial charge in [0.1, 0.15) is 19.3 Å². The fourth-order valence-electron chi connectivity index (χ4n) is 12.8. The number of hydrogen-bond donors (Lipinski definition) is 3. The molecule has 0 aromatic carbocycles. The van der Waals surface area contributed by atoms with E-state index in [-0.39, 0.29) is 25.7 Å². The largest absolute Gasteiger partial charge is 0.472 e. The van der Waals surface area contributed by atoms with Crippen LogP contribution in [0.5, 0.6) is 0 Å². The van der Waals surface area contributed by atoms with Crippen LogP contribution in [-0.2, 0) is 65.4 Å². The monoisotopic (exact) mass is 1490 g/mol. The van der Waals surface area contributed by atoms with Crippen molar-refractivity contribution in [3.05, 3.63) is 0 Å². The van der Waals surface area contributed by atoms with Crippen LogP contribution in [0.25, 0.3) is 0 Å². The van der Waals surface area contributed by atoms with Gasteiger partial charge in [-0.25, -0.2) is 9.13 Å². The van der Waals surface area contributed by atoms with Crippen molar-refractivity contribution in [1.29, 1.82) is 0 Å². The average Bonchev–Trinajstić information content (AvgIpc) is 0.919. The van der Waals surface area contributed by atoms with Gasteiger partial charge in [0.2, 0.25) is 0 Å². The summed E-state index contributed by atoms with van der Waals surface area (Å²) >= 11 is 0. The van der Waals surface area contributed by atoms with Crippen molar-refractivity contribution in [2.45, 2.75) is 446 Å². The van der Waals surface area contributed by atoms with E-state index in [0.29, 0.717) is 31.6 Å². The number of rotatable bonds is 80. The second-order valence-corrected chi connectivity index (χ2v) is 34.4. The number of aliphatic hydroxyl groups is 1. The van der Waals surface area contributed by atoms with E-state index in [1.54, 1.807) is 0 Å². The van der Waals surface area contributed by atoms with Gasteiger partial charge >= 0.3 is 39.5 Å². The van der Waals surface area contributed by atoms with Gasteiger partial charge in [0.05, 0.1) is 26.4 Å². The Hall–Kier alpha value is -1.94. The van der Waals surface area contributed by atoms with E-state index >= 15 is 0 Å². The normalized spacial score (nSPS) is 14.3. The molecule has 0 saturated carbocycles. The van der Waals surface area contributed by atoms with Gasteiger partial charge < -0.3 is 33.8 Å². The molecule has 0 aromatic heterocycles. The highest BCUT2D eigenvalue weighted by molar-refractivity contribution is 7.47. The molecule has 0 amide bonds. The number of hydrogen-bond acceptors (Lipinski definition) is 15. The molecule has 4 unspecified atom stereocenters. The van der Waals surface area contributed by atoms with Crippen LogP contribution < -0.4 is 0 Å². The summed E-state index contributed by atoms with van der Waals surface area (Å²) in [6.45, 7) is 14.3. The molecule has 19 heteroatoms. The SMILES string of the molecule is CCC(C)CCCCCCCCCCCCCCCCC(=O)O[C@H](COC(=O)CCCCCCCCCCCCCCCCC(C)C)COP(=O)(O)OCC(O)COP(=O)(O)OC[C@@H](COC(=O)CCCCCCCCCC(C)C)OC(=O)CCCCCCCCCCCCCCCCC(C)C. The molecule has 606 valence electrons. The Kier molecular flexibility index (Phi) is 70.6. The van der Waals surface area contributed by atoms with Crippen LogP contribution in [0.2, 0.25) is 0 Å². The van der Waals surface area contributed by atoms with Gasteiger partial charge in [-0.1, -0.05) is 376 Å². The molecule has 6 atom stereocenters. The summed E-state index contributed by atoms with van der Waals surface area (Å²) in [6.07, 6.45) is 59.6. The number of phosphoric acid groups is 2. The Labute approximate surface area is 626 Å². The summed E-state index contributed by atoms with van der Waals surface area (Å²) in [5, 5.41) is 10.7. The van der Waals surface area contributed by atoms with Crippen molar-refractivity contribution >= 4 is 39.5 Å². The fourth-order valence-corrected chi connectivity index (χ4v) is 14.3. The van der Waals surface area contributed by atoms with Crippen LogP contribution in [0.1, 0.15) is 428 Å². The third-order valence-corrected chi connectivity index (χ3v) is 21.6. The highest BCUT2D eigenvalue weighted by atomic mass is 31.2. The first-order valence-electron chi connectivity index (χ1n) is 42.7. The Morgan fingerprint density at radius 3 is 0.696 bits per heavy atom. The molecule has 0 aliphatic carbocycles. The number of phosphoric ester groups is 2. The summed E-state index contributed by atoms with van der Waals surface area (Å²) in [6, 6.07) is 0. The van der Waals surface area contributed by atoms with E-state index in [2.05, 4.69) is 55.4 Å². The third-order valence-electron chi connectivity index (χ3n) is 19.7. The van der Waals surface area contributed by atoms with Gasteiger partial charge in [-0.05, 0) is 49.4 Å². The maximum atomic E-state index is 13.1. The minimum atomic E-state index is -4.96. The van der Waals surface area contributed by atoms with Crippen molar-refractivity contribution in [3.63, 3.8) is 0 Å². The van der Waals surface area contributed by atoms with Crippen molar-refractivity contribution in [3.8, 4) is 0 Å². The lowest BCUT2D eigenvalue weighted by Gasteiger charge is -2.21. The lowest BCUT2D eigenvalue weighted by molar-refractivity contribution is -0.161. The molecular weight excluding hydrogens is 1330 g/mol. The second-order valence-electron chi connectivity index (χ2n) is 31.5. The van der Waals surface area contributed by atoms with E-state index in [0.717, 1.165) is 114 Å². The quantitative estimate of drug-likeness (QED) is 0.0222. The summed E-state index contributed by atoms with van der Waals surface area (Å²) in [5.74, 6) is 1.03. The molecule has 0 bridgehead atoms. The Morgan fingerprint density at radius 1 is 0.275 bits per heavy atom. The average molecular weight is 1490 g/mol. The molecule has 102 heavy (non-hydrogen) atoms. The van der Waals surface area contributed by atoms with Crippen LogP contribution in [0.4, 0.5) is 0 Å². The van der Waals surface area contributed by atoms with Crippen LogP contribution in [0.3, 0.4) is 0 Å². The molecule has 0 aromatic rings. The molecule has 0 rings (SSSR count). The molecule has 0 aliphatic heterocycles. The molecular formula is C83H162O17P2. The third kappa shape index (κ3) is 74.9. The minimum absolute atomic E-state index is 0.106. The summed E-state index contributed by atoms with van der Waals surface area (Å²) in [5.41, 5.74) is 0. The summed E-state index contributed by atoms with van der Waals surface area (Å²) < 4.78 is 68.8. The first-order valence-corrected chi connectivity index (χ1v) is 45.7. The lowest BCUT2D eigenvalue weighted by Crippen LogP contribution is -2.30. The fraction of sp³-hybridized carbons (Fsp3) is 0.952. The van der Waals surface area contributed by atoms with Crippen LogP contribution in [-0.4, -0.2) is 96.7 Å². The van der Waals surface area contributed by atoms with Crippen molar-refractivity contribution in [1.82, 2.24) is 0 Å². The number of unbranched alkanes of at least 4 members (excludes halogenated alkanes) is 45. The summed E-state index contributed by atoms with van der Waals surface area (Å²) in [7, 11) is -9.93. The number of aliphatic hydroxyl groups excluding tert-OH is 1. The van der Waals surface area contributed by atoms with Gasteiger partial charge in [0.25, 0.3) is 0 Å². The maximum Gasteiger partial charge on any atom is 0.472 e. The molecule has 0 heterocycles. The lowest BCUT2D eigenvalue weighted by atomic mass is 9.99. The first kappa shape index (κ1) is 100. The molecule has 17 nitrogen and oxygen atoms in total. The van der Waals surface area contributed by atoms with Gasteiger partial charge in [0.15, 0.2) is 12.2 Å². The minimum Gasteiger partial charge on any atom is -0.462 e. The predicted molar refractivity (Wildman–Crippen MR) is 418 cm³/mol. The van der Waals surface area contributed by atoms with Gasteiger partial charge in [-0.15, -0.1) is 0 Å². The number of ether oxygens (including phenoxy) is 4. The van der Waals surface area contributed by atoms with Crippen molar-refractivity contribution < 1.29 is 80.2 Å². The smallest absolute Gasteiger partial charge is 0.462 e. The topological polar surface area (TPSA) is 237 Å². The molecule has 0 fully saturated rings. The van der Waals surface area contributed by atoms with Gasteiger partial charge in [-0.2, -0.15) is 0 Å². The van der Waals surface area contributed by atoms with Gasteiger partial charge in [0, 0.05) is 25.7 Å². The highest BCUT2D eigenvalue weighted by Crippen LogP contribution is 2.45. The summed E-state index contributed by atoms with van der Waals surface area (Å²) in [4.78, 5) is 73.1. The van der Waals surface area contributed by atoms with E-state index in [9.17, 15) is 43.2 Å². The zero-order chi connectivity index (χ0) is 75.3. The van der Waals surface area contributed by atoms with E-state index in [4.69, 9.17) is 37.0 Å². The molecule has 3 N–H and O–H groups in total. The zero-order valence-electron chi connectivity index (χ0n) is 67.2. The van der Waals surface area contributed by atoms with Gasteiger partial charge in [-0.3, -0.25) is 37.3 Å². The second kappa shape index (κ2) is 72.0. The molecule has 0 spiro atoms. The highest BCUT2D eigenvalue weighted by Gasteiger charge is 2.30. The number of carbonyl (C=O) groups is 4. The van der Waals surface area contributed by atoms with Crippen molar-refractivity contribution in [2.75, 3.05) is 39.6 Å². The first-order chi connectivity index (χ1) is 49.1. The molecule has 0 saturated heterocycles. The van der Waals surface area contributed by atoms with E-state index < -0.39 is 97.5 Å². The maximum absolute atomic E-state index is 13.1. The number of esters is 4. The Bertz CT molecular complexity index is 1990.